The van der Waals surface area contributed by atoms with E-state index in [1.807, 2.05) is 6.92 Å². The molecule has 0 aliphatic carbocycles. The van der Waals surface area contributed by atoms with Gasteiger partial charge >= 0.3 is 17.8 Å². The highest BCUT2D eigenvalue weighted by molar-refractivity contribution is 6.44. The molecule has 2 aliphatic rings. The molecule has 2 saturated heterocycles. The van der Waals surface area contributed by atoms with Gasteiger partial charge in [0.15, 0.2) is 0 Å². The number of carbonyl (C=O) groups excluding carboxylic acids is 4. The molecule has 0 radical (unpaired) electrons. The van der Waals surface area contributed by atoms with Crippen LogP contribution in [0.3, 0.4) is 0 Å². The first-order valence-electron chi connectivity index (χ1n) is 6.07. The Balaban J connectivity index is 2.05. The van der Waals surface area contributed by atoms with Gasteiger partial charge in [-0.3, -0.25) is 19.3 Å². The number of nitrogens with zero attached hydrogens (tertiary/aromatic N) is 3. The molecular formula is C11H16N4O4. The van der Waals surface area contributed by atoms with Gasteiger partial charge in [-0.05, 0) is 6.92 Å². The maximum atomic E-state index is 12.1. The van der Waals surface area contributed by atoms with Gasteiger partial charge in [0, 0.05) is 32.7 Å². The highest BCUT2D eigenvalue weighted by Gasteiger charge is 2.43. The van der Waals surface area contributed by atoms with Crippen LogP contribution in [-0.2, 0) is 14.4 Å². The van der Waals surface area contributed by atoms with E-state index in [9.17, 15) is 19.2 Å². The number of amides is 5. The Bertz CT molecular complexity index is 450. The number of hydrogen-bond acceptors (Lipinski definition) is 5. The predicted molar refractivity (Wildman–Crippen MR) is 63.9 cm³/mol. The van der Waals surface area contributed by atoms with Gasteiger partial charge in [-0.15, -0.1) is 0 Å². The first-order valence-corrected chi connectivity index (χ1v) is 6.07. The van der Waals surface area contributed by atoms with Crippen molar-refractivity contribution in [1.82, 2.24) is 20.0 Å². The number of rotatable bonds is 2. The minimum Gasteiger partial charge on any atom is -0.336 e. The molecule has 1 unspecified atom stereocenters. The molecule has 2 aliphatic heterocycles. The van der Waals surface area contributed by atoms with Crippen LogP contribution in [0.4, 0.5) is 4.79 Å². The molecular weight excluding hydrogens is 252 g/mol. The summed E-state index contributed by atoms with van der Waals surface area (Å²) in [6.07, 6.45) is 0. The maximum absolute atomic E-state index is 12.1. The van der Waals surface area contributed by atoms with Gasteiger partial charge in [0.25, 0.3) is 0 Å². The van der Waals surface area contributed by atoms with Crippen LogP contribution < -0.4 is 5.32 Å². The molecule has 2 heterocycles. The smallest absolute Gasteiger partial charge is 0.334 e. The number of nitrogens with one attached hydrogen (secondary N) is 1. The van der Waals surface area contributed by atoms with Crippen LogP contribution >= 0.6 is 0 Å². The molecule has 1 atom stereocenters. The zero-order valence-corrected chi connectivity index (χ0v) is 10.9. The summed E-state index contributed by atoms with van der Waals surface area (Å²) < 4.78 is 0. The summed E-state index contributed by atoms with van der Waals surface area (Å²) in [5.41, 5.74) is 0. The van der Waals surface area contributed by atoms with E-state index in [1.165, 1.54) is 7.05 Å². The molecule has 0 aromatic carbocycles. The zero-order valence-electron chi connectivity index (χ0n) is 10.9. The average Bonchev–Trinajstić information content (AvgIpc) is 2.57. The van der Waals surface area contributed by atoms with E-state index < -0.39 is 17.8 Å². The molecule has 19 heavy (non-hydrogen) atoms. The van der Waals surface area contributed by atoms with Gasteiger partial charge in [-0.1, -0.05) is 0 Å². The highest BCUT2D eigenvalue weighted by atomic mass is 16.2. The van der Waals surface area contributed by atoms with Crippen LogP contribution in [0.15, 0.2) is 0 Å². The molecule has 5 amide bonds. The summed E-state index contributed by atoms with van der Waals surface area (Å²) >= 11 is 0. The third kappa shape index (κ3) is 2.30. The van der Waals surface area contributed by atoms with Crippen molar-refractivity contribution in [2.24, 2.45) is 0 Å². The fourth-order valence-corrected chi connectivity index (χ4v) is 2.19. The molecule has 1 N–H and O–H groups in total. The number of imide groups is 2. The summed E-state index contributed by atoms with van der Waals surface area (Å²) in [6, 6.07) is -0.742. The summed E-state index contributed by atoms with van der Waals surface area (Å²) in [4.78, 5) is 49.7. The van der Waals surface area contributed by atoms with Crippen molar-refractivity contribution < 1.29 is 19.2 Å². The quantitative estimate of drug-likeness (QED) is 0.473. The Morgan fingerprint density at radius 3 is 2.53 bits per heavy atom. The van der Waals surface area contributed by atoms with E-state index >= 15 is 0 Å². The van der Waals surface area contributed by atoms with Crippen LogP contribution in [0.1, 0.15) is 6.92 Å². The number of likely N-dealkylation sites (N-methyl/N-ethyl adjacent to an activating group) is 1. The zero-order chi connectivity index (χ0) is 14.2. The fraction of sp³-hybridized carbons (Fsp3) is 0.636. The lowest BCUT2D eigenvalue weighted by atomic mass is 10.2. The predicted octanol–water partition coefficient (Wildman–Crippen LogP) is -1.77. The van der Waals surface area contributed by atoms with Crippen molar-refractivity contribution in [2.45, 2.75) is 13.0 Å². The third-order valence-corrected chi connectivity index (χ3v) is 3.37. The normalized spacial score (nSPS) is 24.4. The molecule has 104 valence electrons. The summed E-state index contributed by atoms with van der Waals surface area (Å²) in [7, 11) is 1.22. The lowest BCUT2D eigenvalue weighted by Gasteiger charge is -2.34. The minimum absolute atomic E-state index is 0.00230. The number of urea groups is 1. The van der Waals surface area contributed by atoms with Crippen LogP contribution in [0.2, 0.25) is 0 Å². The number of hydrogen-bond donors (Lipinski definition) is 1. The largest absolute Gasteiger partial charge is 0.336 e. The first-order chi connectivity index (χ1) is 8.93. The molecule has 0 aromatic heterocycles. The molecule has 8 nitrogen and oxygen atoms in total. The molecule has 8 heteroatoms. The van der Waals surface area contributed by atoms with Gasteiger partial charge in [0.05, 0.1) is 0 Å². The second-order valence-electron chi connectivity index (χ2n) is 4.68. The Morgan fingerprint density at radius 1 is 1.32 bits per heavy atom. The van der Waals surface area contributed by atoms with Crippen LogP contribution in [0, 0.1) is 0 Å². The van der Waals surface area contributed by atoms with Crippen LogP contribution in [0.5, 0.6) is 0 Å². The van der Waals surface area contributed by atoms with E-state index in [1.54, 1.807) is 4.90 Å². The minimum atomic E-state index is -0.941. The Labute approximate surface area is 110 Å². The number of carbonyl (C=O) groups is 4. The first kappa shape index (κ1) is 13.5. The van der Waals surface area contributed by atoms with Gasteiger partial charge < -0.3 is 10.2 Å². The lowest BCUT2D eigenvalue weighted by molar-refractivity contribution is -0.145. The average molecular weight is 268 g/mol. The van der Waals surface area contributed by atoms with E-state index in [-0.39, 0.29) is 18.5 Å². The van der Waals surface area contributed by atoms with E-state index in [2.05, 4.69) is 5.32 Å². The van der Waals surface area contributed by atoms with Crippen LogP contribution in [0.25, 0.3) is 0 Å². The molecule has 0 aromatic rings. The monoisotopic (exact) mass is 268 g/mol. The molecule has 0 saturated carbocycles. The molecule has 0 bridgehead atoms. The SMILES string of the molecule is CC1CNCCN1C(=O)CN1C(=O)C(=O)N(C)C1=O. The Hall–Kier alpha value is -1.96. The summed E-state index contributed by atoms with van der Waals surface area (Å²) in [6.45, 7) is 3.39. The highest BCUT2D eigenvalue weighted by Crippen LogP contribution is 2.11. The number of piperazine rings is 1. The van der Waals surface area contributed by atoms with Crippen molar-refractivity contribution in [3.63, 3.8) is 0 Å². The van der Waals surface area contributed by atoms with Crippen molar-refractivity contribution in [2.75, 3.05) is 33.2 Å². The maximum Gasteiger partial charge on any atom is 0.334 e. The Morgan fingerprint density at radius 2 is 2.00 bits per heavy atom. The lowest BCUT2D eigenvalue weighted by Crippen LogP contribution is -2.55. The second kappa shape index (κ2) is 4.96. The van der Waals surface area contributed by atoms with E-state index in [0.29, 0.717) is 24.5 Å². The molecule has 2 rings (SSSR count). The van der Waals surface area contributed by atoms with Gasteiger partial charge in [-0.25, -0.2) is 9.69 Å². The van der Waals surface area contributed by atoms with Crippen molar-refractivity contribution in [1.29, 1.82) is 0 Å². The fourth-order valence-electron chi connectivity index (χ4n) is 2.19. The van der Waals surface area contributed by atoms with Gasteiger partial charge in [0.2, 0.25) is 5.91 Å². The third-order valence-electron chi connectivity index (χ3n) is 3.37. The topological polar surface area (TPSA) is 90.0 Å². The van der Waals surface area contributed by atoms with Crippen LogP contribution in [-0.4, -0.2) is 77.7 Å². The van der Waals surface area contributed by atoms with Crippen molar-refractivity contribution >= 4 is 23.8 Å². The van der Waals surface area contributed by atoms with E-state index in [0.717, 1.165) is 4.90 Å². The summed E-state index contributed by atoms with van der Waals surface area (Å²) in [5, 5.41) is 3.14. The van der Waals surface area contributed by atoms with Gasteiger partial charge in [-0.2, -0.15) is 0 Å². The van der Waals surface area contributed by atoms with Gasteiger partial charge in [0.1, 0.15) is 6.54 Å². The van der Waals surface area contributed by atoms with Crippen molar-refractivity contribution in [3.05, 3.63) is 0 Å². The van der Waals surface area contributed by atoms with Crippen molar-refractivity contribution in [3.8, 4) is 0 Å². The molecule has 0 spiro atoms. The second-order valence-corrected chi connectivity index (χ2v) is 4.68. The molecule has 2 fully saturated rings. The summed E-state index contributed by atoms with van der Waals surface area (Å²) in [5.74, 6) is -2.16. The standard InChI is InChI=1S/C11H16N4O4/c1-7-5-12-3-4-14(7)8(16)6-15-10(18)9(17)13(2)11(15)19/h7,12H,3-6H2,1-2H3. The van der Waals surface area contributed by atoms with E-state index in [4.69, 9.17) is 0 Å². The Kier molecular flexibility index (Phi) is 3.52.